The highest BCUT2D eigenvalue weighted by atomic mass is 16.6. The molecule has 0 saturated carbocycles. The molecule has 0 aliphatic heterocycles. The van der Waals surface area contributed by atoms with E-state index in [1.165, 1.54) is 7.11 Å². The summed E-state index contributed by atoms with van der Waals surface area (Å²) in [5, 5.41) is 4.18. The Bertz CT molecular complexity index is 919. The quantitative estimate of drug-likeness (QED) is 0.380. The van der Waals surface area contributed by atoms with Crippen molar-refractivity contribution < 1.29 is 14.4 Å². The molecule has 0 aliphatic carbocycles. The summed E-state index contributed by atoms with van der Waals surface area (Å²) in [6.45, 7) is 0. The minimum Gasteiger partial charge on any atom is -0.497 e. The van der Waals surface area contributed by atoms with Crippen LogP contribution in [-0.4, -0.2) is 25.7 Å². The zero-order chi connectivity index (χ0) is 18.4. The van der Waals surface area contributed by atoms with Gasteiger partial charge in [0.15, 0.2) is 5.78 Å². The summed E-state index contributed by atoms with van der Waals surface area (Å²) in [4.78, 5) is 18.2. The molecule has 0 aromatic heterocycles. The van der Waals surface area contributed by atoms with E-state index in [-0.39, 0.29) is 5.78 Å². The molecule has 0 heterocycles. The lowest BCUT2D eigenvalue weighted by Crippen LogP contribution is -2.12. The van der Waals surface area contributed by atoms with Crippen LogP contribution in [0.1, 0.15) is 27.0 Å². The number of ether oxygens (including phenoxy) is 1. The van der Waals surface area contributed by atoms with Crippen LogP contribution in [0, 0.1) is 0 Å². The summed E-state index contributed by atoms with van der Waals surface area (Å²) in [6, 6.07) is 24.2. The molecule has 4 heteroatoms. The van der Waals surface area contributed by atoms with Crippen LogP contribution >= 0.6 is 0 Å². The fourth-order valence-electron chi connectivity index (χ4n) is 2.73. The van der Waals surface area contributed by atoms with Gasteiger partial charge in [0.05, 0.1) is 7.11 Å². The first-order valence-electron chi connectivity index (χ1n) is 8.19. The first kappa shape index (κ1) is 17.4. The van der Waals surface area contributed by atoms with E-state index < -0.39 is 0 Å². The third-order valence-electron chi connectivity index (χ3n) is 3.99. The van der Waals surface area contributed by atoms with Gasteiger partial charge >= 0.3 is 0 Å². The van der Waals surface area contributed by atoms with Gasteiger partial charge in [0, 0.05) is 22.3 Å². The molecule has 3 aromatic rings. The lowest BCUT2D eigenvalue weighted by atomic mass is 9.92. The number of hydrogen-bond acceptors (Lipinski definition) is 4. The van der Waals surface area contributed by atoms with Crippen molar-refractivity contribution in [3.63, 3.8) is 0 Å². The van der Waals surface area contributed by atoms with Gasteiger partial charge in [-0.25, -0.2) is 0 Å². The average molecular weight is 345 g/mol. The van der Waals surface area contributed by atoms with Gasteiger partial charge in [-0.05, 0) is 18.2 Å². The van der Waals surface area contributed by atoms with Crippen molar-refractivity contribution in [3.05, 3.63) is 101 Å². The van der Waals surface area contributed by atoms with E-state index in [1.54, 1.807) is 25.3 Å². The predicted octanol–water partition coefficient (Wildman–Crippen LogP) is 4.33. The highest BCUT2D eigenvalue weighted by Gasteiger charge is 2.20. The maximum Gasteiger partial charge on any atom is 0.193 e. The molecule has 0 aliphatic rings. The van der Waals surface area contributed by atoms with Crippen molar-refractivity contribution in [2.45, 2.75) is 0 Å². The second kappa shape index (κ2) is 8.12. The minimum absolute atomic E-state index is 0.0979. The van der Waals surface area contributed by atoms with E-state index in [0.29, 0.717) is 28.2 Å². The van der Waals surface area contributed by atoms with Gasteiger partial charge in [0.1, 0.15) is 18.6 Å². The Morgan fingerprint density at radius 3 is 1.96 bits per heavy atom. The average Bonchev–Trinajstić information content (AvgIpc) is 2.72. The molecule has 26 heavy (non-hydrogen) atoms. The second-order valence-corrected chi connectivity index (χ2v) is 5.60. The van der Waals surface area contributed by atoms with Gasteiger partial charge in [-0.15, -0.1) is 0 Å². The molecule has 0 spiro atoms. The van der Waals surface area contributed by atoms with E-state index in [1.807, 2.05) is 60.7 Å². The van der Waals surface area contributed by atoms with E-state index in [4.69, 9.17) is 9.57 Å². The summed E-state index contributed by atoms with van der Waals surface area (Å²) in [5.41, 5.74) is 3.26. The molecule has 0 fully saturated rings. The molecule has 4 nitrogen and oxygen atoms in total. The Kier molecular flexibility index (Phi) is 5.44. The van der Waals surface area contributed by atoms with Gasteiger partial charge in [-0.2, -0.15) is 0 Å². The van der Waals surface area contributed by atoms with Crippen LogP contribution in [0.15, 0.2) is 84.0 Å². The zero-order valence-electron chi connectivity index (χ0n) is 14.7. The number of carbonyl (C=O) groups excluding carboxylic acids is 1. The molecule has 0 saturated heterocycles. The van der Waals surface area contributed by atoms with Crippen molar-refractivity contribution in [3.8, 4) is 5.75 Å². The Balaban J connectivity index is 2.18. The fraction of sp³-hybridized carbons (Fsp3) is 0.0909. The largest absolute Gasteiger partial charge is 0.497 e. The van der Waals surface area contributed by atoms with Crippen molar-refractivity contribution in [2.24, 2.45) is 5.16 Å². The van der Waals surface area contributed by atoms with Crippen LogP contribution in [0.25, 0.3) is 0 Å². The number of rotatable bonds is 6. The fourth-order valence-corrected chi connectivity index (χ4v) is 2.73. The molecule has 130 valence electrons. The van der Waals surface area contributed by atoms with Crippen LogP contribution in [0.4, 0.5) is 0 Å². The lowest BCUT2D eigenvalue weighted by molar-refractivity contribution is 0.103. The van der Waals surface area contributed by atoms with Gasteiger partial charge in [-0.1, -0.05) is 65.8 Å². The summed E-state index contributed by atoms with van der Waals surface area (Å²) in [6.07, 6.45) is 0. The molecular formula is C22H19NO3. The van der Waals surface area contributed by atoms with Gasteiger partial charge < -0.3 is 9.57 Å². The molecule has 3 aromatic carbocycles. The Labute approximate surface area is 152 Å². The van der Waals surface area contributed by atoms with Crippen LogP contribution in [0.3, 0.4) is 0 Å². The predicted molar refractivity (Wildman–Crippen MR) is 102 cm³/mol. The van der Waals surface area contributed by atoms with Crippen molar-refractivity contribution in [1.29, 1.82) is 0 Å². The van der Waals surface area contributed by atoms with E-state index in [9.17, 15) is 4.79 Å². The molecule has 0 radical (unpaired) electrons. The molecule has 3 rings (SSSR count). The third-order valence-corrected chi connectivity index (χ3v) is 3.99. The summed E-state index contributed by atoms with van der Waals surface area (Å²) >= 11 is 0. The minimum atomic E-state index is -0.0979. The van der Waals surface area contributed by atoms with E-state index in [0.717, 1.165) is 5.56 Å². The van der Waals surface area contributed by atoms with Crippen molar-refractivity contribution in [1.82, 2.24) is 0 Å². The Morgan fingerprint density at radius 1 is 0.769 bits per heavy atom. The highest BCUT2D eigenvalue weighted by molar-refractivity contribution is 6.21. The van der Waals surface area contributed by atoms with Gasteiger partial charge in [0.25, 0.3) is 0 Å². The summed E-state index contributed by atoms with van der Waals surface area (Å²) in [7, 11) is 3.07. The van der Waals surface area contributed by atoms with Crippen molar-refractivity contribution in [2.75, 3.05) is 14.2 Å². The number of nitrogens with zero attached hydrogens (tertiary/aromatic N) is 1. The Hall–Kier alpha value is -3.40. The standard InChI is InChI=1S/C22H19NO3/c1-25-18-13-14-19(21(23-26-2)16-9-5-3-6-10-16)20(15-18)22(24)17-11-7-4-8-12-17/h3-15H,1-2H3/b23-21+. The van der Waals surface area contributed by atoms with E-state index >= 15 is 0 Å². The second-order valence-electron chi connectivity index (χ2n) is 5.60. The molecule has 0 N–H and O–H groups in total. The van der Waals surface area contributed by atoms with Gasteiger partial charge in [0.2, 0.25) is 0 Å². The molecule has 0 atom stereocenters. The monoisotopic (exact) mass is 345 g/mol. The maximum atomic E-state index is 13.1. The number of ketones is 1. The number of oxime groups is 1. The van der Waals surface area contributed by atoms with Gasteiger partial charge in [-0.3, -0.25) is 4.79 Å². The summed E-state index contributed by atoms with van der Waals surface area (Å²) in [5.74, 6) is 0.511. The van der Waals surface area contributed by atoms with Crippen molar-refractivity contribution >= 4 is 11.5 Å². The Morgan fingerprint density at radius 2 is 1.38 bits per heavy atom. The normalized spacial score (nSPS) is 11.1. The smallest absolute Gasteiger partial charge is 0.193 e. The zero-order valence-corrected chi connectivity index (χ0v) is 14.7. The molecule has 0 amide bonds. The summed E-state index contributed by atoms with van der Waals surface area (Å²) < 4.78 is 5.32. The molecule has 0 unspecified atom stereocenters. The van der Waals surface area contributed by atoms with E-state index in [2.05, 4.69) is 5.16 Å². The number of carbonyl (C=O) groups is 1. The first-order valence-corrected chi connectivity index (χ1v) is 8.19. The number of benzene rings is 3. The molecule has 0 bridgehead atoms. The van der Waals surface area contributed by atoms with Crippen LogP contribution in [0.2, 0.25) is 0 Å². The number of hydrogen-bond donors (Lipinski definition) is 0. The van der Waals surface area contributed by atoms with Crippen LogP contribution in [-0.2, 0) is 4.84 Å². The highest BCUT2D eigenvalue weighted by Crippen LogP contribution is 2.24. The lowest BCUT2D eigenvalue weighted by Gasteiger charge is -2.13. The number of methoxy groups -OCH3 is 1. The van der Waals surface area contributed by atoms with Crippen LogP contribution in [0.5, 0.6) is 5.75 Å². The third kappa shape index (κ3) is 3.64. The molecular weight excluding hydrogens is 326 g/mol. The van der Waals surface area contributed by atoms with Crippen LogP contribution < -0.4 is 4.74 Å². The maximum absolute atomic E-state index is 13.1. The topological polar surface area (TPSA) is 47.9 Å². The SMILES string of the molecule is CO/N=C(\c1ccccc1)c1ccc(OC)cc1C(=O)c1ccccc1. The first-order chi connectivity index (χ1) is 12.7.